The molecule has 0 bridgehead atoms. The van der Waals surface area contributed by atoms with Crippen molar-refractivity contribution in [3.8, 4) is 5.75 Å². The highest BCUT2D eigenvalue weighted by atomic mass is 35.5. The van der Waals surface area contributed by atoms with Gasteiger partial charge in [0.1, 0.15) is 11.6 Å². The van der Waals surface area contributed by atoms with Crippen LogP contribution in [0.25, 0.3) is 0 Å². The zero-order chi connectivity index (χ0) is 16.0. The first kappa shape index (κ1) is 14.5. The SMILES string of the molecule is CN(C(=O)[C@@H]1C[C@]12CCOc1ccccc12)c1ccc(Cl)cn1. The van der Waals surface area contributed by atoms with Gasteiger partial charge in [-0.1, -0.05) is 29.8 Å². The summed E-state index contributed by atoms with van der Waals surface area (Å²) in [5.41, 5.74) is 1.11. The van der Waals surface area contributed by atoms with E-state index in [1.807, 2.05) is 18.2 Å². The largest absolute Gasteiger partial charge is 0.493 e. The van der Waals surface area contributed by atoms with E-state index < -0.39 is 0 Å². The molecule has 2 aliphatic rings. The average molecular weight is 329 g/mol. The Morgan fingerprint density at radius 2 is 2.17 bits per heavy atom. The van der Waals surface area contributed by atoms with E-state index in [-0.39, 0.29) is 17.2 Å². The summed E-state index contributed by atoms with van der Waals surface area (Å²) in [6.45, 7) is 0.670. The molecule has 1 aromatic heterocycles. The first-order valence-electron chi connectivity index (χ1n) is 7.73. The summed E-state index contributed by atoms with van der Waals surface area (Å²) in [7, 11) is 1.77. The summed E-state index contributed by atoms with van der Waals surface area (Å²) in [5, 5.41) is 0.566. The van der Waals surface area contributed by atoms with Gasteiger partial charge in [0.2, 0.25) is 5.91 Å². The van der Waals surface area contributed by atoms with Gasteiger partial charge in [-0.2, -0.15) is 0 Å². The van der Waals surface area contributed by atoms with Gasteiger partial charge in [0, 0.05) is 30.1 Å². The number of hydrogen-bond acceptors (Lipinski definition) is 3. The van der Waals surface area contributed by atoms with Crippen LogP contribution in [0.5, 0.6) is 5.75 Å². The Kier molecular flexibility index (Phi) is 3.31. The van der Waals surface area contributed by atoms with Gasteiger partial charge in [0.15, 0.2) is 0 Å². The van der Waals surface area contributed by atoms with Crippen LogP contribution in [0.4, 0.5) is 5.82 Å². The molecular weight excluding hydrogens is 312 g/mol. The number of carbonyl (C=O) groups is 1. The fourth-order valence-corrected chi connectivity index (χ4v) is 3.71. The van der Waals surface area contributed by atoms with Crippen molar-refractivity contribution in [1.29, 1.82) is 0 Å². The number of aromatic nitrogens is 1. The van der Waals surface area contributed by atoms with Crippen molar-refractivity contribution in [2.24, 2.45) is 5.92 Å². The molecule has 2 atom stereocenters. The van der Waals surface area contributed by atoms with Crippen molar-refractivity contribution < 1.29 is 9.53 Å². The number of fused-ring (bicyclic) bond motifs is 2. The number of benzene rings is 1. The Morgan fingerprint density at radius 1 is 1.35 bits per heavy atom. The van der Waals surface area contributed by atoms with E-state index in [0.717, 1.165) is 18.6 Å². The number of amides is 1. The molecule has 4 nitrogen and oxygen atoms in total. The van der Waals surface area contributed by atoms with Gasteiger partial charge in [0.25, 0.3) is 0 Å². The Hall–Kier alpha value is -2.07. The van der Waals surface area contributed by atoms with E-state index >= 15 is 0 Å². The summed E-state index contributed by atoms with van der Waals surface area (Å²) in [5.74, 6) is 1.65. The van der Waals surface area contributed by atoms with Gasteiger partial charge >= 0.3 is 0 Å². The highest BCUT2D eigenvalue weighted by Gasteiger charge is 2.61. The van der Waals surface area contributed by atoms with E-state index in [9.17, 15) is 4.79 Å². The molecule has 0 radical (unpaired) electrons. The van der Waals surface area contributed by atoms with Crippen molar-refractivity contribution >= 4 is 23.3 Å². The normalized spacial score (nSPS) is 24.7. The molecule has 4 rings (SSSR count). The molecule has 0 saturated heterocycles. The average Bonchev–Trinajstić information content (AvgIpc) is 3.29. The molecule has 1 aliphatic carbocycles. The van der Waals surface area contributed by atoms with E-state index in [2.05, 4.69) is 11.1 Å². The molecule has 5 heteroatoms. The molecule has 2 aromatic rings. The Labute approximate surface area is 140 Å². The summed E-state index contributed by atoms with van der Waals surface area (Å²) in [6.07, 6.45) is 3.33. The molecule has 0 unspecified atom stereocenters. The van der Waals surface area contributed by atoms with Crippen LogP contribution in [-0.4, -0.2) is 24.5 Å². The first-order valence-corrected chi connectivity index (χ1v) is 8.11. The molecular formula is C18H17ClN2O2. The van der Waals surface area contributed by atoms with Crippen LogP contribution in [0.15, 0.2) is 42.6 Å². The van der Waals surface area contributed by atoms with E-state index in [1.165, 1.54) is 5.56 Å². The number of ether oxygens (including phenoxy) is 1. The minimum absolute atomic E-state index is 0.00460. The van der Waals surface area contributed by atoms with Crippen molar-refractivity contribution in [1.82, 2.24) is 4.98 Å². The fraction of sp³-hybridized carbons (Fsp3) is 0.333. The van der Waals surface area contributed by atoms with E-state index in [1.54, 1.807) is 30.3 Å². The third-order valence-electron chi connectivity index (χ3n) is 4.99. The number of nitrogens with zero attached hydrogens (tertiary/aromatic N) is 2. The van der Waals surface area contributed by atoms with Crippen LogP contribution in [0, 0.1) is 5.92 Å². The van der Waals surface area contributed by atoms with Crippen LogP contribution in [0.2, 0.25) is 5.02 Å². The van der Waals surface area contributed by atoms with Gasteiger partial charge < -0.3 is 4.74 Å². The van der Waals surface area contributed by atoms with Gasteiger partial charge in [0.05, 0.1) is 11.6 Å². The highest BCUT2D eigenvalue weighted by molar-refractivity contribution is 6.30. The lowest BCUT2D eigenvalue weighted by Crippen LogP contribution is -2.33. The number of para-hydroxylation sites is 1. The second-order valence-corrected chi connectivity index (χ2v) is 6.68. The number of anilines is 1. The lowest BCUT2D eigenvalue weighted by molar-refractivity contribution is -0.120. The Balaban J connectivity index is 1.59. The highest BCUT2D eigenvalue weighted by Crippen LogP contribution is 2.61. The summed E-state index contributed by atoms with van der Waals surface area (Å²) < 4.78 is 5.73. The van der Waals surface area contributed by atoms with Crippen LogP contribution in [0.3, 0.4) is 0 Å². The number of hydrogen-bond donors (Lipinski definition) is 0. The second-order valence-electron chi connectivity index (χ2n) is 6.24. The predicted octanol–water partition coefficient (Wildman–Crippen LogP) is 3.44. The van der Waals surface area contributed by atoms with Crippen molar-refractivity contribution in [3.63, 3.8) is 0 Å². The maximum Gasteiger partial charge on any atom is 0.231 e. The smallest absolute Gasteiger partial charge is 0.231 e. The predicted molar refractivity (Wildman–Crippen MR) is 89.0 cm³/mol. The molecule has 1 spiro atoms. The molecule has 2 heterocycles. The third-order valence-corrected chi connectivity index (χ3v) is 5.21. The molecule has 23 heavy (non-hydrogen) atoms. The van der Waals surface area contributed by atoms with Crippen LogP contribution in [-0.2, 0) is 10.2 Å². The van der Waals surface area contributed by atoms with Crippen LogP contribution < -0.4 is 9.64 Å². The van der Waals surface area contributed by atoms with Gasteiger partial charge in [-0.3, -0.25) is 9.69 Å². The van der Waals surface area contributed by atoms with E-state index in [0.29, 0.717) is 17.4 Å². The van der Waals surface area contributed by atoms with Gasteiger partial charge in [-0.15, -0.1) is 0 Å². The quantitative estimate of drug-likeness (QED) is 0.848. The maximum atomic E-state index is 12.9. The molecule has 118 valence electrons. The zero-order valence-corrected chi connectivity index (χ0v) is 13.6. The Morgan fingerprint density at radius 3 is 2.96 bits per heavy atom. The molecule has 1 aromatic carbocycles. The van der Waals surface area contributed by atoms with Gasteiger partial charge in [-0.25, -0.2) is 4.98 Å². The van der Waals surface area contributed by atoms with Crippen LogP contribution >= 0.6 is 11.6 Å². The Bertz CT molecular complexity index is 762. The first-order chi connectivity index (χ1) is 11.1. The van der Waals surface area contributed by atoms with Crippen molar-refractivity contribution in [3.05, 3.63) is 53.2 Å². The number of pyridine rings is 1. The molecule has 1 saturated carbocycles. The molecule has 1 fully saturated rings. The second kappa shape index (κ2) is 5.24. The minimum atomic E-state index is -0.0629. The lowest BCUT2D eigenvalue weighted by Gasteiger charge is -2.27. The van der Waals surface area contributed by atoms with Crippen molar-refractivity contribution in [2.45, 2.75) is 18.3 Å². The molecule has 1 aliphatic heterocycles. The fourth-order valence-electron chi connectivity index (χ4n) is 3.60. The lowest BCUT2D eigenvalue weighted by atomic mass is 9.87. The van der Waals surface area contributed by atoms with Gasteiger partial charge in [-0.05, 0) is 31.0 Å². The number of carbonyl (C=O) groups excluding carboxylic acids is 1. The minimum Gasteiger partial charge on any atom is -0.493 e. The summed E-state index contributed by atoms with van der Waals surface area (Å²) in [4.78, 5) is 18.8. The zero-order valence-electron chi connectivity index (χ0n) is 12.8. The summed E-state index contributed by atoms with van der Waals surface area (Å²) in [6, 6.07) is 11.6. The topological polar surface area (TPSA) is 42.4 Å². The number of halogens is 1. The standard InChI is InChI=1S/C18H17ClN2O2/c1-21(16-7-6-12(19)11-20-16)17(22)14-10-18(14)8-9-23-15-5-3-2-4-13(15)18/h2-7,11,14H,8-10H2,1H3/t14-,18-/m0/s1. The summed E-state index contributed by atoms with van der Waals surface area (Å²) >= 11 is 5.86. The third kappa shape index (κ3) is 2.29. The monoisotopic (exact) mass is 328 g/mol. The molecule has 0 N–H and O–H groups in total. The van der Waals surface area contributed by atoms with Crippen molar-refractivity contribution in [2.75, 3.05) is 18.6 Å². The number of rotatable bonds is 2. The molecule has 1 amide bonds. The van der Waals surface area contributed by atoms with E-state index in [4.69, 9.17) is 16.3 Å². The maximum absolute atomic E-state index is 12.9. The van der Waals surface area contributed by atoms with Crippen LogP contribution in [0.1, 0.15) is 18.4 Å².